The number of ether oxygens (including phenoxy) is 2. The molecule has 1 atom stereocenters. The average molecular weight is 515 g/mol. The number of carbonyl (C=O) groups is 3. The predicted octanol–water partition coefficient (Wildman–Crippen LogP) is 4.24. The summed E-state index contributed by atoms with van der Waals surface area (Å²) in [5.41, 5.74) is 2.92. The Morgan fingerprint density at radius 3 is 2.63 bits per heavy atom. The molecular weight excluding hydrogens is 484 g/mol. The quantitative estimate of drug-likeness (QED) is 0.472. The molecule has 1 amide bonds. The Hall–Kier alpha value is -3.72. The van der Waals surface area contributed by atoms with Crippen LogP contribution in [-0.2, 0) is 9.53 Å². The van der Waals surface area contributed by atoms with Gasteiger partial charge in [-0.3, -0.25) is 14.2 Å². The maximum atomic E-state index is 13.1. The lowest BCUT2D eigenvalue weighted by atomic mass is 9.90. The van der Waals surface area contributed by atoms with E-state index in [1.54, 1.807) is 21.7 Å². The van der Waals surface area contributed by atoms with Crippen LogP contribution in [0.1, 0.15) is 49.0 Å². The maximum absolute atomic E-state index is 13.1. The Kier molecular flexibility index (Phi) is 5.69. The number of benzene rings is 1. The molecule has 3 aromatic rings. The van der Waals surface area contributed by atoms with Gasteiger partial charge in [-0.1, -0.05) is 6.42 Å². The summed E-state index contributed by atoms with van der Waals surface area (Å²) >= 11 is 0. The van der Waals surface area contributed by atoms with Crippen molar-refractivity contribution in [2.75, 3.05) is 32.8 Å². The Labute approximate surface area is 220 Å². The van der Waals surface area contributed by atoms with Gasteiger partial charge in [0.05, 0.1) is 29.1 Å². The molecule has 3 saturated heterocycles. The van der Waals surface area contributed by atoms with E-state index >= 15 is 0 Å². The molecule has 0 radical (unpaired) electrons. The zero-order valence-corrected chi connectivity index (χ0v) is 21.2. The molecule has 0 bridgehead atoms. The minimum Gasteiger partial charge on any atom is -0.464 e. The van der Waals surface area contributed by atoms with Crippen LogP contribution in [0.3, 0.4) is 0 Å². The van der Waals surface area contributed by atoms with E-state index in [-0.39, 0.29) is 31.0 Å². The first-order chi connectivity index (χ1) is 18.5. The lowest BCUT2D eigenvalue weighted by Crippen LogP contribution is -2.48. The van der Waals surface area contributed by atoms with Crippen molar-refractivity contribution in [1.82, 2.24) is 19.4 Å². The van der Waals surface area contributed by atoms with Crippen molar-refractivity contribution < 1.29 is 23.9 Å². The predicted molar refractivity (Wildman–Crippen MR) is 141 cm³/mol. The van der Waals surface area contributed by atoms with Crippen molar-refractivity contribution in [3.05, 3.63) is 41.7 Å². The number of rotatable bonds is 2. The van der Waals surface area contributed by atoms with Gasteiger partial charge in [0, 0.05) is 36.1 Å². The SMILES string of the molecule is O=C1CC2=Cc3c4nc5ccc(OC(=O)N6CCC(N7CCCCC7)CC6)cc5cc4cn3C(=O)C2CO1. The molecule has 0 spiro atoms. The van der Waals surface area contributed by atoms with Gasteiger partial charge in [0.1, 0.15) is 12.4 Å². The lowest BCUT2D eigenvalue weighted by Gasteiger charge is -2.39. The van der Waals surface area contributed by atoms with Crippen LogP contribution in [-0.4, -0.2) is 76.1 Å². The number of carbonyl (C=O) groups excluding carboxylic acids is 3. The number of pyridine rings is 1. The van der Waals surface area contributed by atoms with E-state index in [0.717, 1.165) is 34.7 Å². The summed E-state index contributed by atoms with van der Waals surface area (Å²) in [5, 5.41) is 1.64. The Bertz CT molecular complexity index is 1490. The molecular formula is C29H30N4O5. The van der Waals surface area contributed by atoms with Gasteiger partial charge in [-0.15, -0.1) is 0 Å². The molecule has 1 unspecified atom stereocenters. The first kappa shape index (κ1) is 23.4. The molecule has 4 aliphatic rings. The highest BCUT2D eigenvalue weighted by Crippen LogP contribution is 2.35. The molecule has 0 saturated carbocycles. The van der Waals surface area contributed by atoms with Crippen LogP contribution in [0.2, 0.25) is 0 Å². The largest absolute Gasteiger partial charge is 0.464 e. The zero-order chi connectivity index (χ0) is 25.8. The Morgan fingerprint density at radius 1 is 1.00 bits per heavy atom. The molecule has 6 heterocycles. The fourth-order valence-electron chi connectivity index (χ4n) is 6.39. The van der Waals surface area contributed by atoms with Gasteiger partial charge in [0.2, 0.25) is 5.91 Å². The minimum absolute atomic E-state index is 0.0809. The summed E-state index contributed by atoms with van der Waals surface area (Å²) in [6, 6.07) is 7.95. The number of esters is 1. The normalized spacial score (nSPS) is 22.7. The summed E-state index contributed by atoms with van der Waals surface area (Å²) in [7, 11) is 0. The van der Waals surface area contributed by atoms with Crippen LogP contribution in [0, 0.1) is 5.92 Å². The Morgan fingerprint density at radius 2 is 1.82 bits per heavy atom. The fraction of sp³-hybridized carbons (Fsp3) is 0.448. The summed E-state index contributed by atoms with van der Waals surface area (Å²) in [5.74, 6) is -0.375. The van der Waals surface area contributed by atoms with Crippen molar-refractivity contribution in [3.8, 4) is 5.75 Å². The van der Waals surface area contributed by atoms with Gasteiger partial charge in [0.25, 0.3) is 0 Å². The number of aromatic nitrogens is 2. The Balaban J connectivity index is 1.09. The number of hydrogen-bond donors (Lipinski definition) is 0. The van der Waals surface area contributed by atoms with E-state index in [9.17, 15) is 14.4 Å². The summed E-state index contributed by atoms with van der Waals surface area (Å²) in [4.78, 5) is 47.0. The monoisotopic (exact) mass is 514 g/mol. The van der Waals surface area contributed by atoms with E-state index in [1.165, 1.54) is 32.4 Å². The number of piperidine rings is 2. The van der Waals surface area contributed by atoms with Crippen LogP contribution in [0.5, 0.6) is 5.75 Å². The van der Waals surface area contributed by atoms with Crippen LogP contribution >= 0.6 is 0 Å². The number of likely N-dealkylation sites (tertiary alicyclic amines) is 2. The topological polar surface area (TPSA) is 94.0 Å². The second-order valence-electron chi connectivity index (χ2n) is 10.8. The molecule has 9 nitrogen and oxygen atoms in total. The van der Waals surface area contributed by atoms with E-state index < -0.39 is 5.92 Å². The molecule has 2 aromatic heterocycles. The van der Waals surface area contributed by atoms with Crippen LogP contribution in [0.4, 0.5) is 4.79 Å². The smallest absolute Gasteiger partial charge is 0.415 e. The van der Waals surface area contributed by atoms with Crippen LogP contribution in [0.15, 0.2) is 36.0 Å². The number of hydrogen-bond acceptors (Lipinski definition) is 7. The highest BCUT2D eigenvalue weighted by atomic mass is 16.6. The first-order valence-corrected chi connectivity index (χ1v) is 13.6. The third-order valence-corrected chi connectivity index (χ3v) is 8.49. The van der Waals surface area contributed by atoms with Crippen LogP contribution < -0.4 is 4.74 Å². The van der Waals surface area contributed by atoms with Gasteiger partial charge < -0.3 is 19.3 Å². The van der Waals surface area contributed by atoms with E-state index in [1.807, 2.05) is 24.3 Å². The van der Waals surface area contributed by atoms with Crippen molar-refractivity contribution in [2.45, 2.75) is 44.6 Å². The molecule has 3 fully saturated rings. The molecule has 38 heavy (non-hydrogen) atoms. The second kappa shape index (κ2) is 9.23. The number of fused-ring (bicyclic) bond motifs is 5. The highest BCUT2D eigenvalue weighted by molar-refractivity contribution is 6.04. The number of cyclic esters (lactones) is 1. The van der Waals surface area contributed by atoms with Gasteiger partial charge in [0.15, 0.2) is 0 Å². The molecule has 0 N–H and O–H groups in total. The van der Waals surface area contributed by atoms with Gasteiger partial charge in [-0.25, -0.2) is 9.78 Å². The zero-order valence-electron chi connectivity index (χ0n) is 21.2. The van der Waals surface area contributed by atoms with Gasteiger partial charge >= 0.3 is 12.1 Å². The highest BCUT2D eigenvalue weighted by Gasteiger charge is 2.36. The summed E-state index contributed by atoms with van der Waals surface area (Å²) in [6.07, 6.45) is 9.37. The third kappa shape index (κ3) is 4.05. The van der Waals surface area contributed by atoms with Crippen molar-refractivity contribution in [3.63, 3.8) is 0 Å². The maximum Gasteiger partial charge on any atom is 0.415 e. The second-order valence-corrected chi connectivity index (χ2v) is 10.8. The third-order valence-electron chi connectivity index (χ3n) is 8.49. The fourth-order valence-corrected chi connectivity index (χ4v) is 6.39. The number of amides is 1. The van der Waals surface area contributed by atoms with E-state index in [4.69, 9.17) is 14.5 Å². The van der Waals surface area contributed by atoms with Crippen LogP contribution in [0.25, 0.3) is 27.9 Å². The number of nitrogens with zero attached hydrogens (tertiary/aromatic N) is 4. The molecule has 0 aliphatic carbocycles. The lowest BCUT2D eigenvalue weighted by molar-refractivity contribution is -0.145. The van der Waals surface area contributed by atoms with Gasteiger partial charge in [-0.05, 0) is 74.7 Å². The molecule has 9 heteroatoms. The first-order valence-electron chi connectivity index (χ1n) is 13.6. The van der Waals surface area contributed by atoms with Crippen molar-refractivity contribution >= 4 is 45.9 Å². The standard InChI is InChI=1S/C29H30N4O5/c34-26-15-18-14-25-27-20(16-33(25)28(35)23(18)17-37-26)12-19-13-22(4-5-24(19)30-27)38-29(36)32-10-6-21(7-11-32)31-8-2-1-3-9-31/h4-5,12-14,16,21,23H,1-3,6-11,15,17H2. The molecule has 1 aromatic carbocycles. The minimum atomic E-state index is -0.438. The molecule has 7 rings (SSSR count). The molecule has 4 aliphatic heterocycles. The average Bonchev–Trinajstić information content (AvgIpc) is 3.29. The molecule has 196 valence electrons. The van der Waals surface area contributed by atoms with Crippen molar-refractivity contribution in [1.29, 1.82) is 0 Å². The summed E-state index contributed by atoms with van der Waals surface area (Å²) < 4.78 is 12.5. The van der Waals surface area contributed by atoms with E-state index in [0.29, 0.717) is 36.1 Å². The summed E-state index contributed by atoms with van der Waals surface area (Å²) in [6.45, 7) is 3.87. The van der Waals surface area contributed by atoms with E-state index in [2.05, 4.69) is 4.90 Å². The van der Waals surface area contributed by atoms with Gasteiger partial charge in [-0.2, -0.15) is 0 Å². The van der Waals surface area contributed by atoms with Crippen molar-refractivity contribution in [2.24, 2.45) is 5.92 Å².